The number of hydrogen-bond donors (Lipinski definition) is 0. The third-order valence-corrected chi connectivity index (χ3v) is 6.92. The van der Waals surface area contributed by atoms with E-state index in [2.05, 4.69) is 0 Å². The Kier molecular flexibility index (Phi) is 4.52. The molecule has 2 aromatic carbocycles. The lowest BCUT2D eigenvalue weighted by atomic mass is 10.0. The summed E-state index contributed by atoms with van der Waals surface area (Å²) in [7, 11) is -3.71. The maximum Gasteiger partial charge on any atom is 0.336 e. The number of rotatable bonds is 5. The van der Waals surface area contributed by atoms with Crippen molar-refractivity contribution in [2.75, 3.05) is 6.54 Å². The predicted molar refractivity (Wildman–Crippen MR) is 101 cm³/mol. The summed E-state index contributed by atoms with van der Waals surface area (Å²) in [6.45, 7) is 2.20. The summed E-state index contributed by atoms with van der Waals surface area (Å²) in [5, 5.41) is 0. The Balaban J connectivity index is 1.60. The molecule has 2 heterocycles. The first kappa shape index (κ1) is 17.8. The Morgan fingerprint density at radius 2 is 1.78 bits per heavy atom. The van der Waals surface area contributed by atoms with Gasteiger partial charge in [-0.3, -0.25) is 4.31 Å². The van der Waals surface area contributed by atoms with Gasteiger partial charge < -0.3 is 4.74 Å². The third-order valence-electron chi connectivity index (χ3n) is 5.09. The van der Waals surface area contributed by atoms with E-state index in [1.807, 2.05) is 37.3 Å². The fourth-order valence-corrected chi connectivity index (χ4v) is 5.21. The first-order valence-electron chi connectivity index (χ1n) is 9.04. The minimum atomic E-state index is -3.71. The summed E-state index contributed by atoms with van der Waals surface area (Å²) in [4.78, 5) is 12.5. The molecule has 0 aromatic heterocycles. The zero-order valence-corrected chi connectivity index (χ0v) is 15.9. The molecule has 27 heavy (non-hydrogen) atoms. The van der Waals surface area contributed by atoms with E-state index in [0.29, 0.717) is 30.5 Å². The molecule has 0 amide bonds. The van der Waals surface area contributed by atoms with E-state index in [4.69, 9.17) is 4.74 Å². The SMILES string of the molecule is Cc1ccc(S(=O)(=O)N2CCC3=C2C(CCc2ccccc2)OC3=O)cc1. The van der Waals surface area contributed by atoms with E-state index in [1.165, 1.54) is 4.31 Å². The van der Waals surface area contributed by atoms with Crippen LogP contribution in [0.15, 0.2) is 70.8 Å². The number of sulfonamides is 1. The van der Waals surface area contributed by atoms with Gasteiger partial charge in [0.05, 0.1) is 16.2 Å². The molecule has 1 unspecified atom stereocenters. The van der Waals surface area contributed by atoms with Crippen LogP contribution >= 0.6 is 0 Å². The highest BCUT2D eigenvalue weighted by molar-refractivity contribution is 7.89. The standard InChI is InChI=1S/C21H21NO4S/c1-15-7-10-17(11-8-15)27(24,25)22-14-13-18-20(22)19(26-21(18)23)12-9-16-5-3-2-4-6-16/h2-8,10-11,19H,9,12-14H2,1H3. The second kappa shape index (κ2) is 6.85. The summed E-state index contributed by atoms with van der Waals surface area (Å²) in [6.07, 6.45) is 1.17. The van der Waals surface area contributed by atoms with Gasteiger partial charge in [0, 0.05) is 13.0 Å². The molecule has 0 saturated heterocycles. The lowest BCUT2D eigenvalue weighted by Gasteiger charge is -2.25. The molecule has 0 aliphatic carbocycles. The molecule has 1 atom stereocenters. The fourth-order valence-electron chi connectivity index (χ4n) is 3.66. The summed E-state index contributed by atoms with van der Waals surface area (Å²) in [5.41, 5.74) is 3.16. The normalized spacial score (nSPS) is 19.4. The Bertz CT molecular complexity index is 994. The minimum absolute atomic E-state index is 0.239. The molecule has 0 radical (unpaired) electrons. The van der Waals surface area contributed by atoms with Crippen LogP contribution < -0.4 is 0 Å². The van der Waals surface area contributed by atoms with Crippen LogP contribution in [0.1, 0.15) is 24.0 Å². The van der Waals surface area contributed by atoms with Crippen LogP contribution in [0.3, 0.4) is 0 Å². The van der Waals surface area contributed by atoms with Crippen molar-refractivity contribution in [3.63, 3.8) is 0 Å². The highest BCUT2D eigenvalue weighted by Crippen LogP contribution is 2.39. The van der Waals surface area contributed by atoms with Crippen molar-refractivity contribution in [3.05, 3.63) is 77.0 Å². The lowest BCUT2D eigenvalue weighted by molar-refractivity contribution is -0.140. The van der Waals surface area contributed by atoms with Gasteiger partial charge in [0.2, 0.25) is 0 Å². The van der Waals surface area contributed by atoms with Crippen molar-refractivity contribution < 1.29 is 17.9 Å². The molecule has 0 saturated carbocycles. The summed E-state index contributed by atoms with van der Waals surface area (Å²) in [5.74, 6) is -0.385. The molecule has 6 heteroatoms. The second-order valence-electron chi connectivity index (χ2n) is 6.92. The van der Waals surface area contributed by atoms with E-state index in [9.17, 15) is 13.2 Å². The lowest BCUT2D eigenvalue weighted by Crippen LogP contribution is -2.33. The van der Waals surface area contributed by atoms with Crippen LogP contribution in [0.25, 0.3) is 0 Å². The number of carbonyl (C=O) groups excluding carboxylic acids is 1. The van der Waals surface area contributed by atoms with Crippen molar-refractivity contribution >= 4 is 16.0 Å². The minimum Gasteiger partial charge on any atom is -0.452 e. The van der Waals surface area contributed by atoms with Crippen LogP contribution in [0, 0.1) is 6.92 Å². The van der Waals surface area contributed by atoms with Gasteiger partial charge in [-0.25, -0.2) is 13.2 Å². The van der Waals surface area contributed by atoms with Gasteiger partial charge in [-0.05, 0) is 37.5 Å². The number of esters is 1. The molecule has 0 bridgehead atoms. The smallest absolute Gasteiger partial charge is 0.336 e. The first-order chi connectivity index (χ1) is 13.0. The number of cyclic esters (lactones) is 1. The Morgan fingerprint density at radius 1 is 1.07 bits per heavy atom. The Morgan fingerprint density at radius 3 is 2.48 bits per heavy atom. The first-order valence-corrected chi connectivity index (χ1v) is 10.5. The zero-order chi connectivity index (χ0) is 19.0. The van der Waals surface area contributed by atoms with E-state index in [-0.39, 0.29) is 17.4 Å². The van der Waals surface area contributed by atoms with Crippen LogP contribution in [0.5, 0.6) is 0 Å². The van der Waals surface area contributed by atoms with E-state index in [0.717, 1.165) is 11.1 Å². The van der Waals surface area contributed by atoms with Gasteiger partial charge in [0.1, 0.15) is 6.10 Å². The quantitative estimate of drug-likeness (QED) is 0.744. The monoisotopic (exact) mass is 383 g/mol. The Hall–Kier alpha value is -2.60. The molecule has 2 aliphatic rings. The van der Waals surface area contributed by atoms with Crippen molar-refractivity contribution in [1.29, 1.82) is 0 Å². The van der Waals surface area contributed by atoms with E-state index >= 15 is 0 Å². The molecule has 0 spiro atoms. The molecular weight excluding hydrogens is 362 g/mol. The van der Waals surface area contributed by atoms with Crippen LogP contribution in [-0.4, -0.2) is 31.3 Å². The summed E-state index contributed by atoms with van der Waals surface area (Å²) < 4.78 is 33.2. The van der Waals surface area contributed by atoms with Gasteiger partial charge in [-0.2, -0.15) is 0 Å². The van der Waals surface area contributed by atoms with Crippen LogP contribution in [0.4, 0.5) is 0 Å². The summed E-state index contributed by atoms with van der Waals surface area (Å²) >= 11 is 0. The van der Waals surface area contributed by atoms with Crippen molar-refractivity contribution in [2.24, 2.45) is 0 Å². The molecule has 5 nitrogen and oxygen atoms in total. The molecule has 0 N–H and O–H groups in total. The van der Waals surface area contributed by atoms with Crippen LogP contribution in [0.2, 0.25) is 0 Å². The number of aryl methyl sites for hydroxylation is 2. The molecule has 4 rings (SSSR count). The van der Waals surface area contributed by atoms with Crippen molar-refractivity contribution in [2.45, 2.75) is 37.2 Å². The molecular formula is C21H21NO4S. The second-order valence-corrected chi connectivity index (χ2v) is 8.78. The molecule has 140 valence electrons. The predicted octanol–water partition coefficient (Wildman–Crippen LogP) is 3.20. The number of ether oxygens (including phenoxy) is 1. The average molecular weight is 383 g/mol. The van der Waals surface area contributed by atoms with Gasteiger partial charge in [-0.1, -0.05) is 48.0 Å². The van der Waals surface area contributed by atoms with Crippen molar-refractivity contribution in [1.82, 2.24) is 4.31 Å². The van der Waals surface area contributed by atoms with Gasteiger partial charge in [0.15, 0.2) is 0 Å². The molecule has 2 aliphatic heterocycles. The highest BCUT2D eigenvalue weighted by atomic mass is 32.2. The van der Waals surface area contributed by atoms with Crippen molar-refractivity contribution in [3.8, 4) is 0 Å². The molecule has 0 fully saturated rings. The number of hydrogen-bond acceptors (Lipinski definition) is 4. The summed E-state index contributed by atoms with van der Waals surface area (Å²) in [6, 6.07) is 16.7. The third kappa shape index (κ3) is 3.25. The number of carbonyl (C=O) groups is 1. The van der Waals surface area contributed by atoms with Gasteiger partial charge in [0.25, 0.3) is 10.0 Å². The molecule has 2 aromatic rings. The maximum absolute atomic E-state index is 13.1. The highest BCUT2D eigenvalue weighted by Gasteiger charge is 2.45. The topological polar surface area (TPSA) is 63.7 Å². The largest absolute Gasteiger partial charge is 0.452 e. The van der Waals surface area contributed by atoms with E-state index < -0.39 is 16.1 Å². The zero-order valence-electron chi connectivity index (χ0n) is 15.1. The Labute approximate surface area is 159 Å². The number of nitrogens with zero attached hydrogens (tertiary/aromatic N) is 1. The number of benzene rings is 2. The van der Waals surface area contributed by atoms with Crippen LogP contribution in [-0.2, 0) is 26.0 Å². The average Bonchev–Trinajstić information content (AvgIpc) is 3.23. The van der Waals surface area contributed by atoms with E-state index in [1.54, 1.807) is 24.3 Å². The maximum atomic E-state index is 13.1. The van der Waals surface area contributed by atoms with Gasteiger partial charge >= 0.3 is 5.97 Å². The fraction of sp³-hybridized carbons (Fsp3) is 0.286. The van der Waals surface area contributed by atoms with Gasteiger partial charge in [-0.15, -0.1) is 0 Å².